The van der Waals surface area contributed by atoms with Crippen molar-refractivity contribution in [2.45, 2.75) is 10.9 Å². The van der Waals surface area contributed by atoms with Crippen LogP contribution in [0.25, 0.3) is 10.9 Å². The molecule has 3 aromatic rings. The monoisotopic (exact) mass is 358 g/mol. The summed E-state index contributed by atoms with van der Waals surface area (Å²) in [5.41, 5.74) is 8.47. The molecule has 0 aliphatic carbocycles. The molecule has 2 aromatic carbocycles. The lowest BCUT2D eigenvalue weighted by atomic mass is 10.1. The van der Waals surface area contributed by atoms with Crippen molar-refractivity contribution in [1.82, 2.24) is 4.98 Å². The maximum Gasteiger partial charge on any atom is 0.0702 e. The lowest BCUT2D eigenvalue weighted by Gasteiger charge is -2.12. The number of benzene rings is 2. The molecular formula is C17H15BrN2S. The van der Waals surface area contributed by atoms with Gasteiger partial charge in [0.2, 0.25) is 0 Å². The highest BCUT2D eigenvalue weighted by molar-refractivity contribution is 9.10. The summed E-state index contributed by atoms with van der Waals surface area (Å²) < 4.78 is 1.10. The quantitative estimate of drug-likeness (QED) is 0.681. The molecule has 0 saturated heterocycles. The number of hydrogen-bond donors (Lipinski definition) is 1. The minimum Gasteiger partial charge on any atom is -0.323 e. The van der Waals surface area contributed by atoms with Gasteiger partial charge in [-0.25, -0.2) is 0 Å². The van der Waals surface area contributed by atoms with Crippen LogP contribution in [0, 0.1) is 0 Å². The van der Waals surface area contributed by atoms with E-state index in [2.05, 4.69) is 63.4 Å². The molecule has 21 heavy (non-hydrogen) atoms. The molecule has 4 heteroatoms. The first-order valence-corrected chi connectivity index (χ1v) is 8.49. The Balaban J connectivity index is 1.71. The van der Waals surface area contributed by atoms with E-state index >= 15 is 0 Å². The van der Waals surface area contributed by atoms with Crippen LogP contribution in [0.5, 0.6) is 0 Å². The zero-order valence-corrected chi connectivity index (χ0v) is 13.8. The number of thioether (sulfide) groups is 1. The SMILES string of the molecule is NC(CSc1ccc(Br)cc1)c1ccc2ncccc2c1. The molecule has 0 aliphatic heterocycles. The van der Waals surface area contributed by atoms with Crippen molar-refractivity contribution in [2.24, 2.45) is 5.73 Å². The summed E-state index contributed by atoms with van der Waals surface area (Å²) in [6.45, 7) is 0. The van der Waals surface area contributed by atoms with Crippen molar-refractivity contribution in [3.05, 3.63) is 70.8 Å². The summed E-state index contributed by atoms with van der Waals surface area (Å²) >= 11 is 5.22. The van der Waals surface area contributed by atoms with E-state index in [1.807, 2.05) is 18.3 Å². The van der Waals surface area contributed by atoms with Gasteiger partial charge in [-0.2, -0.15) is 0 Å². The van der Waals surface area contributed by atoms with Gasteiger partial charge in [-0.05, 0) is 48.0 Å². The zero-order chi connectivity index (χ0) is 14.7. The Bertz CT molecular complexity index is 743. The van der Waals surface area contributed by atoms with E-state index < -0.39 is 0 Å². The topological polar surface area (TPSA) is 38.9 Å². The standard InChI is InChI=1S/C17H15BrN2S/c18-14-4-6-15(7-5-14)21-11-16(19)12-3-8-17-13(10-12)2-1-9-20-17/h1-10,16H,11,19H2. The molecule has 0 saturated carbocycles. The molecule has 0 bridgehead atoms. The molecule has 0 radical (unpaired) electrons. The van der Waals surface area contributed by atoms with Crippen LogP contribution in [0.4, 0.5) is 0 Å². The molecule has 2 N–H and O–H groups in total. The Kier molecular flexibility index (Phi) is 4.58. The second kappa shape index (κ2) is 6.60. The molecular weight excluding hydrogens is 344 g/mol. The van der Waals surface area contributed by atoms with E-state index in [9.17, 15) is 0 Å². The van der Waals surface area contributed by atoms with Crippen LogP contribution in [0.3, 0.4) is 0 Å². The molecule has 2 nitrogen and oxygen atoms in total. The molecule has 0 fully saturated rings. The number of halogens is 1. The summed E-state index contributed by atoms with van der Waals surface area (Å²) in [6.07, 6.45) is 1.81. The first kappa shape index (κ1) is 14.6. The Morgan fingerprint density at radius 1 is 1.10 bits per heavy atom. The molecule has 0 aliphatic rings. The molecule has 1 aromatic heterocycles. The van der Waals surface area contributed by atoms with Gasteiger partial charge in [-0.15, -0.1) is 11.8 Å². The lowest BCUT2D eigenvalue weighted by Crippen LogP contribution is -2.12. The molecule has 1 atom stereocenters. The molecule has 3 rings (SSSR count). The normalized spacial score (nSPS) is 12.5. The smallest absolute Gasteiger partial charge is 0.0702 e. The van der Waals surface area contributed by atoms with E-state index in [1.54, 1.807) is 11.8 Å². The first-order valence-electron chi connectivity index (χ1n) is 6.71. The van der Waals surface area contributed by atoms with Crippen molar-refractivity contribution < 1.29 is 0 Å². The number of nitrogens with zero attached hydrogens (tertiary/aromatic N) is 1. The number of rotatable bonds is 4. The number of aromatic nitrogens is 1. The van der Waals surface area contributed by atoms with Crippen molar-refractivity contribution in [1.29, 1.82) is 0 Å². The maximum atomic E-state index is 6.31. The van der Waals surface area contributed by atoms with Crippen LogP contribution >= 0.6 is 27.7 Å². The van der Waals surface area contributed by atoms with Gasteiger partial charge in [0.25, 0.3) is 0 Å². The third-order valence-electron chi connectivity index (χ3n) is 3.30. The van der Waals surface area contributed by atoms with Gasteiger partial charge in [0.15, 0.2) is 0 Å². The Hall–Kier alpha value is -1.36. The van der Waals surface area contributed by atoms with E-state index in [0.717, 1.165) is 26.7 Å². The van der Waals surface area contributed by atoms with Crippen molar-refractivity contribution in [3.8, 4) is 0 Å². The molecule has 0 amide bonds. The number of hydrogen-bond acceptors (Lipinski definition) is 3. The number of pyridine rings is 1. The largest absolute Gasteiger partial charge is 0.323 e. The summed E-state index contributed by atoms with van der Waals surface area (Å²) in [6, 6.07) is 18.6. The van der Waals surface area contributed by atoms with E-state index in [0.29, 0.717) is 0 Å². The summed E-state index contributed by atoms with van der Waals surface area (Å²) in [7, 11) is 0. The predicted octanol–water partition coefficient (Wildman–Crippen LogP) is 4.79. The third kappa shape index (κ3) is 3.64. The number of nitrogens with two attached hydrogens (primary N) is 1. The summed E-state index contributed by atoms with van der Waals surface area (Å²) in [5, 5.41) is 1.14. The van der Waals surface area contributed by atoms with Gasteiger partial charge in [-0.3, -0.25) is 4.98 Å². The molecule has 1 unspecified atom stereocenters. The highest BCUT2D eigenvalue weighted by Gasteiger charge is 2.08. The fourth-order valence-electron chi connectivity index (χ4n) is 2.14. The third-order valence-corrected chi connectivity index (χ3v) is 4.96. The van der Waals surface area contributed by atoms with Crippen molar-refractivity contribution in [2.75, 3.05) is 5.75 Å². The fourth-order valence-corrected chi connectivity index (χ4v) is 3.30. The maximum absolute atomic E-state index is 6.31. The number of fused-ring (bicyclic) bond motifs is 1. The molecule has 0 spiro atoms. The highest BCUT2D eigenvalue weighted by atomic mass is 79.9. The van der Waals surface area contributed by atoms with Crippen molar-refractivity contribution in [3.63, 3.8) is 0 Å². The van der Waals surface area contributed by atoms with Crippen LogP contribution in [0.1, 0.15) is 11.6 Å². The van der Waals surface area contributed by atoms with Gasteiger partial charge < -0.3 is 5.73 Å². The molecule has 1 heterocycles. The second-order valence-corrected chi connectivity index (χ2v) is 6.84. The minimum atomic E-state index is 0.0169. The second-order valence-electron chi connectivity index (χ2n) is 4.83. The fraction of sp³-hybridized carbons (Fsp3) is 0.118. The predicted molar refractivity (Wildman–Crippen MR) is 93.5 cm³/mol. The molecule has 106 valence electrons. The summed E-state index contributed by atoms with van der Waals surface area (Å²) in [4.78, 5) is 5.57. The van der Waals surface area contributed by atoms with Gasteiger partial charge in [0.05, 0.1) is 5.52 Å². The zero-order valence-electron chi connectivity index (χ0n) is 11.4. The van der Waals surface area contributed by atoms with Crippen LogP contribution in [0.15, 0.2) is 70.2 Å². The van der Waals surface area contributed by atoms with Crippen molar-refractivity contribution >= 4 is 38.6 Å². The highest BCUT2D eigenvalue weighted by Crippen LogP contribution is 2.26. The van der Waals surface area contributed by atoms with E-state index in [-0.39, 0.29) is 6.04 Å². The van der Waals surface area contributed by atoms with Gasteiger partial charge in [0, 0.05) is 32.7 Å². The van der Waals surface area contributed by atoms with E-state index in [1.165, 1.54) is 4.90 Å². The van der Waals surface area contributed by atoms with Crippen LogP contribution < -0.4 is 5.73 Å². The van der Waals surface area contributed by atoms with Crippen LogP contribution in [0.2, 0.25) is 0 Å². The van der Waals surface area contributed by atoms with Gasteiger partial charge in [-0.1, -0.05) is 28.1 Å². The Morgan fingerprint density at radius 2 is 1.90 bits per heavy atom. The van der Waals surface area contributed by atoms with Gasteiger partial charge >= 0.3 is 0 Å². The lowest BCUT2D eigenvalue weighted by molar-refractivity contribution is 0.833. The van der Waals surface area contributed by atoms with Gasteiger partial charge in [0.1, 0.15) is 0 Å². The average molecular weight is 359 g/mol. The van der Waals surface area contributed by atoms with Crippen LogP contribution in [-0.4, -0.2) is 10.7 Å². The minimum absolute atomic E-state index is 0.0169. The average Bonchev–Trinajstić information content (AvgIpc) is 2.53. The Morgan fingerprint density at radius 3 is 2.71 bits per heavy atom. The van der Waals surface area contributed by atoms with E-state index in [4.69, 9.17) is 5.73 Å². The Labute approximate surface area is 136 Å². The first-order chi connectivity index (χ1) is 10.2. The van der Waals surface area contributed by atoms with Crippen LogP contribution in [-0.2, 0) is 0 Å². The summed E-state index contributed by atoms with van der Waals surface area (Å²) in [5.74, 6) is 0.855.